The lowest BCUT2D eigenvalue weighted by Gasteiger charge is -2.08. The Morgan fingerprint density at radius 3 is 2.50 bits per heavy atom. The van der Waals surface area contributed by atoms with Gasteiger partial charge in [0.2, 0.25) is 0 Å². The van der Waals surface area contributed by atoms with Crippen LogP contribution in [0.5, 0.6) is 0 Å². The highest BCUT2D eigenvalue weighted by atomic mass is 16.3. The Labute approximate surface area is 94.0 Å². The molecule has 0 saturated heterocycles. The van der Waals surface area contributed by atoms with Crippen LogP contribution in [-0.4, -0.2) is 15.2 Å². The highest BCUT2D eigenvalue weighted by molar-refractivity contribution is 5.63. The van der Waals surface area contributed by atoms with Crippen molar-refractivity contribution in [2.45, 2.75) is 13.2 Å². The second-order valence-electron chi connectivity index (χ2n) is 3.52. The van der Waals surface area contributed by atoms with E-state index in [1.165, 1.54) is 0 Å². The van der Waals surface area contributed by atoms with Gasteiger partial charge in [-0.25, -0.2) is 0 Å². The summed E-state index contributed by atoms with van der Waals surface area (Å²) in [5, 5.41) is 18.3. The maximum atomic E-state index is 9.29. The lowest BCUT2D eigenvalue weighted by molar-refractivity contribution is 0.275. The van der Waals surface area contributed by atoms with Gasteiger partial charge in [-0.15, -0.1) is 0 Å². The van der Waals surface area contributed by atoms with Gasteiger partial charge >= 0.3 is 0 Å². The number of hydrogen-bond donors (Lipinski definition) is 2. The summed E-state index contributed by atoms with van der Waals surface area (Å²) in [6.45, 7) is -0.0742. The maximum Gasteiger partial charge on any atom is 0.0705 e. The average molecular weight is 215 g/mol. The van der Waals surface area contributed by atoms with Crippen molar-refractivity contribution in [3.8, 4) is 11.3 Å². The summed E-state index contributed by atoms with van der Waals surface area (Å²) in [4.78, 5) is 4.24. The van der Waals surface area contributed by atoms with Crippen LogP contribution in [0.15, 0.2) is 42.6 Å². The quantitative estimate of drug-likeness (QED) is 0.819. The van der Waals surface area contributed by atoms with Gasteiger partial charge in [-0.1, -0.05) is 24.3 Å². The Balaban J connectivity index is 2.49. The molecule has 0 aliphatic rings. The van der Waals surface area contributed by atoms with Gasteiger partial charge in [-0.2, -0.15) is 0 Å². The van der Waals surface area contributed by atoms with Crippen molar-refractivity contribution < 1.29 is 10.2 Å². The molecule has 0 radical (unpaired) electrons. The molecule has 2 aromatic rings. The largest absolute Gasteiger partial charge is 0.392 e. The number of nitrogens with zero attached hydrogens (tertiary/aromatic N) is 1. The number of benzene rings is 1. The molecule has 0 unspecified atom stereocenters. The summed E-state index contributed by atoms with van der Waals surface area (Å²) >= 11 is 0. The first kappa shape index (κ1) is 10.8. The van der Waals surface area contributed by atoms with E-state index >= 15 is 0 Å². The van der Waals surface area contributed by atoms with Crippen molar-refractivity contribution in [1.82, 2.24) is 4.98 Å². The second-order valence-corrected chi connectivity index (χ2v) is 3.52. The van der Waals surface area contributed by atoms with Crippen molar-refractivity contribution >= 4 is 0 Å². The third kappa shape index (κ3) is 2.10. The van der Waals surface area contributed by atoms with Crippen LogP contribution in [0.3, 0.4) is 0 Å². The van der Waals surface area contributed by atoms with E-state index in [-0.39, 0.29) is 13.2 Å². The zero-order valence-corrected chi connectivity index (χ0v) is 8.80. The predicted octanol–water partition coefficient (Wildman–Crippen LogP) is 1.73. The first-order chi connectivity index (χ1) is 7.85. The van der Waals surface area contributed by atoms with Gasteiger partial charge in [0.1, 0.15) is 0 Å². The molecule has 0 aliphatic carbocycles. The van der Waals surface area contributed by atoms with Crippen LogP contribution in [0.1, 0.15) is 11.1 Å². The molecule has 0 spiro atoms. The molecule has 0 atom stereocenters. The Morgan fingerprint density at radius 1 is 1.00 bits per heavy atom. The average Bonchev–Trinajstić information content (AvgIpc) is 2.39. The van der Waals surface area contributed by atoms with Crippen molar-refractivity contribution in [2.24, 2.45) is 0 Å². The van der Waals surface area contributed by atoms with E-state index < -0.39 is 0 Å². The number of aromatic nitrogens is 1. The predicted molar refractivity (Wildman–Crippen MR) is 61.5 cm³/mol. The second kappa shape index (κ2) is 4.88. The van der Waals surface area contributed by atoms with Gasteiger partial charge < -0.3 is 10.2 Å². The molecule has 2 rings (SSSR count). The minimum Gasteiger partial charge on any atom is -0.392 e. The number of aliphatic hydroxyl groups is 2. The summed E-state index contributed by atoms with van der Waals surface area (Å²) in [6, 6.07) is 11.2. The number of pyridine rings is 1. The van der Waals surface area contributed by atoms with E-state index in [9.17, 15) is 5.11 Å². The Kier molecular flexibility index (Phi) is 3.29. The Hall–Kier alpha value is -1.71. The van der Waals surface area contributed by atoms with Crippen molar-refractivity contribution in [1.29, 1.82) is 0 Å². The molecule has 16 heavy (non-hydrogen) atoms. The minimum atomic E-state index is -0.0558. The Bertz CT molecular complexity index is 469. The molecule has 1 aromatic carbocycles. The SMILES string of the molecule is OCc1ccc(-c2ccccn2)c(CO)c1. The normalized spacial score (nSPS) is 10.4. The summed E-state index contributed by atoms with van der Waals surface area (Å²) in [7, 11) is 0. The van der Waals surface area contributed by atoms with Crippen molar-refractivity contribution in [3.63, 3.8) is 0 Å². The topological polar surface area (TPSA) is 53.4 Å². The number of aliphatic hydroxyl groups excluding tert-OH is 2. The molecule has 2 N–H and O–H groups in total. The molecule has 0 saturated carbocycles. The monoisotopic (exact) mass is 215 g/mol. The summed E-state index contributed by atoms with van der Waals surface area (Å²) < 4.78 is 0. The summed E-state index contributed by atoms with van der Waals surface area (Å²) in [5.41, 5.74) is 3.31. The van der Waals surface area contributed by atoms with Gasteiger partial charge in [0.25, 0.3) is 0 Å². The van der Waals surface area contributed by atoms with E-state index in [4.69, 9.17) is 5.11 Å². The Morgan fingerprint density at radius 2 is 1.88 bits per heavy atom. The molecule has 82 valence electrons. The molecule has 1 heterocycles. The molecule has 0 amide bonds. The number of rotatable bonds is 3. The first-order valence-corrected chi connectivity index (χ1v) is 5.10. The first-order valence-electron chi connectivity index (χ1n) is 5.10. The maximum absolute atomic E-state index is 9.29. The van der Waals surface area contributed by atoms with E-state index in [1.54, 1.807) is 12.3 Å². The van der Waals surface area contributed by atoms with Crippen LogP contribution in [-0.2, 0) is 13.2 Å². The van der Waals surface area contributed by atoms with Crippen LogP contribution in [0.4, 0.5) is 0 Å². The van der Waals surface area contributed by atoms with Crippen LogP contribution in [0.25, 0.3) is 11.3 Å². The molecule has 0 bridgehead atoms. The van der Waals surface area contributed by atoms with E-state index in [2.05, 4.69) is 4.98 Å². The fraction of sp³-hybridized carbons (Fsp3) is 0.154. The lowest BCUT2D eigenvalue weighted by atomic mass is 10.0. The molecule has 1 aromatic heterocycles. The molecule has 0 fully saturated rings. The van der Waals surface area contributed by atoms with Crippen LogP contribution in [0, 0.1) is 0 Å². The fourth-order valence-corrected chi connectivity index (χ4v) is 1.65. The van der Waals surface area contributed by atoms with Crippen molar-refractivity contribution in [2.75, 3.05) is 0 Å². The molecular formula is C13H13NO2. The van der Waals surface area contributed by atoms with E-state index in [0.717, 1.165) is 22.4 Å². The zero-order valence-electron chi connectivity index (χ0n) is 8.80. The van der Waals surface area contributed by atoms with E-state index in [0.29, 0.717) is 0 Å². The van der Waals surface area contributed by atoms with Gasteiger partial charge in [-0.3, -0.25) is 4.98 Å². The van der Waals surface area contributed by atoms with Gasteiger partial charge in [-0.05, 0) is 23.3 Å². The smallest absolute Gasteiger partial charge is 0.0705 e. The van der Waals surface area contributed by atoms with Crippen LogP contribution >= 0.6 is 0 Å². The minimum absolute atomic E-state index is 0.0184. The van der Waals surface area contributed by atoms with Gasteiger partial charge in [0.05, 0.1) is 18.9 Å². The van der Waals surface area contributed by atoms with Crippen molar-refractivity contribution in [3.05, 3.63) is 53.7 Å². The van der Waals surface area contributed by atoms with Gasteiger partial charge in [0.15, 0.2) is 0 Å². The molecular weight excluding hydrogens is 202 g/mol. The molecule has 3 nitrogen and oxygen atoms in total. The highest BCUT2D eigenvalue weighted by Gasteiger charge is 2.05. The van der Waals surface area contributed by atoms with E-state index in [1.807, 2.05) is 30.3 Å². The standard InChI is InChI=1S/C13H13NO2/c15-8-10-4-5-12(11(7-10)9-16)13-3-1-2-6-14-13/h1-7,15-16H,8-9H2. The third-order valence-corrected chi connectivity index (χ3v) is 2.46. The summed E-state index contributed by atoms with van der Waals surface area (Å²) in [5.74, 6) is 0. The van der Waals surface area contributed by atoms with Crippen LogP contribution in [0.2, 0.25) is 0 Å². The lowest BCUT2D eigenvalue weighted by Crippen LogP contribution is -1.94. The third-order valence-electron chi connectivity index (χ3n) is 2.46. The fourth-order valence-electron chi connectivity index (χ4n) is 1.65. The molecule has 3 heteroatoms. The molecule has 0 aliphatic heterocycles. The van der Waals surface area contributed by atoms with Crippen LogP contribution < -0.4 is 0 Å². The highest BCUT2D eigenvalue weighted by Crippen LogP contribution is 2.22. The zero-order chi connectivity index (χ0) is 11.4. The number of hydrogen-bond acceptors (Lipinski definition) is 3. The summed E-state index contributed by atoms with van der Waals surface area (Å²) in [6.07, 6.45) is 1.72. The van der Waals surface area contributed by atoms with Gasteiger partial charge in [0, 0.05) is 11.8 Å².